The molecule has 0 heterocycles. The summed E-state index contributed by atoms with van der Waals surface area (Å²) in [5.74, 6) is 0.978. The number of rotatable bonds is 9. The smallest absolute Gasteiger partial charge is 0.409 e. The van der Waals surface area contributed by atoms with E-state index < -0.39 is 0 Å². The number of aromatic hydroxyl groups is 1. The van der Waals surface area contributed by atoms with Crippen LogP contribution in [0.4, 0.5) is 4.79 Å². The van der Waals surface area contributed by atoms with Crippen molar-refractivity contribution in [3.05, 3.63) is 95.6 Å². The second-order valence-electron chi connectivity index (χ2n) is 7.61. The number of carbonyl (C=O) groups excluding carboxylic acids is 1. The molecule has 0 saturated heterocycles. The van der Waals surface area contributed by atoms with E-state index in [0.29, 0.717) is 19.8 Å². The highest BCUT2D eigenvalue weighted by molar-refractivity contribution is 5.98. The maximum absolute atomic E-state index is 11.7. The zero-order valence-electron chi connectivity index (χ0n) is 19.5. The molecule has 0 spiro atoms. The molecule has 0 aromatic heterocycles. The first-order chi connectivity index (χ1) is 16.0. The summed E-state index contributed by atoms with van der Waals surface area (Å²) in [7, 11) is 1.69. The zero-order valence-corrected chi connectivity index (χ0v) is 19.5. The van der Waals surface area contributed by atoms with Crippen LogP contribution in [-0.2, 0) is 4.74 Å². The topological polar surface area (TPSA) is 59.0 Å². The Hall–Kier alpha value is -3.73. The van der Waals surface area contributed by atoms with Gasteiger partial charge < -0.3 is 19.5 Å². The number of ether oxygens (including phenoxy) is 2. The van der Waals surface area contributed by atoms with Crippen LogP contribution in [0.15, 0.2) is 78.9 Å². The molecular weight excluding hydrogens is 414 g/mol. The quantitative estimate of drug-likeness (QED) is 0.397. The van der Waals surface area contributed by atoms with Gasteiger partial charge in [-0.15, -0.1) is 0 Å². The van der Waals surface area contributed by atoms with E-state index in [4.69, 9.17) is 9.47 Å². The molecule has 3 rings (SSSR count). The van der Waals surface area contributed by atoms with Crippen molar-refractivity contribution in [2.24, 2.45) is 0 Å². The fourth-order valence-corrected chi connectivity index (χ4v) is 3.65. The number of likely N-dealkylation sites (N-methyl/N-ethyl adjacent to an activating group) is 1. The zero-order chi connectivity index (χ0) is 23.6. The van der Waals surface area contributed by atoms with Crippen molar-refractivity contribution < 1.29 is 19.4 Å². The molecule has 172 valence electrons. The minimum absolute atomic E-state index is 0.243. The molecule has 0 aliphatic carbocycles. The standard InChI is InChI=1S/C28H31NO4/c1-4-26(21-9-7-6-8-10-21)27(22-11-15-24(30)16-12-22)23-13-17-25(18-14-23)33-20-19-29(3)28(31)32-5-2/h6-18,30H,4-5,19-20H2,1-3H3. The van der Waals surface area contributed by atoms with Crippen LogP contribution in [0.3, 0.4) is 0 Å². The van der Waals surface area contributed by atoms with Crippen LogP contribution in [-0.4, -0.2) is 42.9 Å². The van der Waals surface area contributed by atoms with Crippen molar-refractivity contribution in [1.29, 1.82) is 0 Å². The number of carbonyl (C=O) groups is 1. The number of phenols is 1. The van der Waals surface area contributed by atoms with E-state index >= 15 is 0 Å². The van der Waals surface area contributed by atoms with Crippen molar-refractivity contribution in [1.82, 2.24) is 4.90 Å². The number of nitrogens with zero attached hydrogens (tertiary/aromatic N) is 1. The first-order valence-corrected chi connectivity index (χ1v) is 11.2. The fourth-order valence-electron chi connectivity index (χ4n) is 3.65. The number of hydrogen-bond acceptors (Lipinski definition) is 4. The lowest BCUT2D eigenvalue weighted by molar-refractivity contribution is 0.110. The van der Waals surface area contributed by atoms with E-state index in [9.17, 15) is 9.90 Å². The van der Waals surface area contributed by atoms with Gasteiger partial charge in [-0.2, -0.15) is 0 Å². The van der Waals surface area contributed by atoms with E-state index in [2.05, 4.69) is 19.1 Å². The Morgan fingerprint density at radius 2 is 1.45 bits per heavy atom. The summed E-state index contributed by atoms with van der Waals surface area (Å²) in [6, 6.07) is 25.6. The van der Waals surface area contributed by atoms with Crippen LogP contribution in [0.25, 0.3) is 11.1 Å². The first kappa shape index (κ1) is 23.9. The van der Waals surface area contributed by atoms with E-state index in [-0.39, 0.29) is 11.8 Å². The Morgan fingerprint density at radius 3 is 2.03 bits per heavy atom. The lowest BCUT2D eigenvalue weighted by atomic mass is 9.88. The molecule has 1 amide bonds. The van der Waals surface area contributed by atoms with Gasteiger partial charge >= 0.3 is 6.09 Å². The van der Waals surface area contributed by atoms with Gasteiger partial charge in [-0.25, -0.2) is 4.79 Å². The van der Waals surface area contributed by atoms with Crippen molar-refractivity contribution in [3.8, 4) is 11.5 Å². The second kappa shape index (κ2) is 11.8. The lowest BCUT2D eigenvalue weighted by Gasteiger charge is -2.18. The van der Waals surface area contributed by atoms with Crippen LogP contribution in [0.5, 0.6) is 11.5 Å². The first-order valence-electron chi connectivity index (χ1n) is 11.2. The molecule has 5 nitrogen and oxygen atoms in total. The maximum atomic E-state index is 11.7. The summed E-state index contributed by atoms with van der Waals surface area (Å²) in [6.45, 7) is 5.10. The molecule has 5 heteroatoms. The SMILES string of the molecule is CCOC(=O)N(C)CCOc1ccc(C(=C(CC)c2ccccc2)c2ccc(O)cc2)cc1. The Morgan fingerprint density at radius 1 is 0.848 bits per heavy atom. The lowest BCUT2D eigenvalue weighted by Crippen LogP contribution is -2.31. The molecule has 3 aromatic carbocycles. The predicted molar refractivity (Wildman–Crippen MR) is 132 cm³/mol. The molecule has 1 N–H and O–H groups in total. The van der Waals surface area contributed by atoms with Crippen LogP contribution >= 0.6 is 0 Å². The third kappa shape index (κ3) is 6.39. The third-order valence-corrected chi connectivity index (χ3v) is 5.35. The average Bonchev–Trinajstić information content (AvgIpc) is 2.84. The van der Waals surface area contributed by atoms with Gasteiger partial charge in [0.25, 0.3) is 0 Å². The highest BCUT2D eigenvalue weighted by Crippen LogP contribution is 2.35. The van der Waals surface area contributed by atoms with Gasteiger partial charge in [0.15, 0.2) is 0 Å². The van der Waals surface area contributed by atoms with Crippen LogP contribution in [0.1, 0.15) is 37.0 Å². The van der Waals surface area contributed by atoms with Crippen LogP contribution in [0.2, 0.25) is 0 Å². The van der Waals surface area contributed by atoms with Gasteiger partial charge in [0.2, 0.25) is 0 Å². The number of hydrogen-bond donors (Lipinski definition) is 1. The minimum atomic E-state index is -0.354. The highest BCUT2D eigenvalue weighted by atomic mass is 16.6. The summed E-state index contributed by atoms with van der Waals surface area (Å²) < 4.78 is 10.8. The normalized spacial score (nSPS) is 11.5. The van der Waals surface area contributed by atoms with Crippen molar-refractivity contribution >= 4 is 17.2 Å². The molecule has 0 aliphatic rings. The number of allylic oxidation sites excluding steroid dienone is 1. The van der Waals surface area contributed by atoms with E-state index in [0.717, 1.165) is 28.9 Å². The fraction of sp³-hybridized carbons (Fsp3) is 0.250. The molecule has 0 bridgehead atoms. The number of amides is 1. The summed E-state index contributed by atoms with van der Waals surface area (Å²) >= 11 is 0. The van der Waals surface area contributed by atoms with Crippen LogP contribution in [0, 0.1) is 0 Å². The van der Waals surface area contributed by atoms with Crippen molar-refractivity contribution in [2.45, 2.75) is 20.3 Å². The molecule has 0 fully saturated rings. The monoisotopic (exact) mass is 445 g/mol. The van der Waals surface area contributed by atoms with Gasteiger partial charge in [0, 0.05) is 7.05 Å². The molecular formula is C28H31NO4. The predicted octanol–water partition coefficient (Wildman–Crippen LogP) is 6.23. The largest absolute Gasteiger partial charge is 0.508 e. The van der Waals surface area contributed by atoms with E-state index in [1.807, 2.05) is 54.6 Å². The summed E-state index contributed by atoms with van der Waals surface area (Å²) in [5.41, 5.74) is 5.63. The van der Waals surface area contributed by atoms with Gasteiger partial charge in [0.05, 0.1) is 13.2 Å². The van der Waals surface area contributed by atoms with Crippen molar-refractivity contribution in [2.75, 3.05) is 26.8 Å². The number of phenolic OH excluding ortho intramolecular Hbond substituents is 1. The Bertz CT molecular complexity index is 1060. The Balaban J connectivity index is 1.85. The van der Waals surface area contributed by atoms with E-state index in [1.54, 1.807) is 26.1 Å². The minimum Gasteiger partial charge on any atom is -0.508 e. The molecule has 0 unspecified atom stereocenters. The molecule has 0 radical (unpaired) electrons. The molecule has 0 saturated carbocycles. The second-order valence-corrected chi connectivity index (χ2v) is 7.61. The Kier molecular flexibility index (Phi) is 8.53. The maximum Gasteiger partial charge on any atom is 0.409 e. The number of benzene rings is 3. The summed E-state index contributed by atoms with van der Waals surface area (Å²) in [5, 5.41) is 9.78. The molecule has 0 aliphatic heterocycles. The van der Waals surface area contributed by atoms with Crippen LogP contribution < -0.4 is 4.74 Å². The van der Waals surface area contributed by atoms with Gasteiger partial charge in [0.1, 0.15) is 18.1 Å². The van der Waals surface area contributed by atoms with E-state index in [1.165, 1.54) is 16.0 Å². The Labute approximate surface area is 195 Å². The molecule has 3 aromatic rings. The third-order valence-electron chi connectivity index (χ3n) is 5.35. The summed E-state index contributed by atoms with van der Waals surface area (Å²) in [6.07, 6.45) is 0.506. The molecule has 33 heavy (non-hydrogen) atoms. The molecule has 0 atom stereocenters. The highest BCUT2D eigenvalue weighted by Gasteiger charge is 2.14. The summed E-state index contributed by atoms with van der Waals surface area (Å²) in [4.78, 5) is 13.2. The van der Waals surface area contributed by atoms with Crippen molar-refractivity contribution in [3.63, 3.8) is 0 Å². The van der Waals surface area contributed by atoms with Gasteiger partial charge in [-0.1, -0.05) is 61.5 Å². The van der Waals surface area contributed by atoms with Gasteiger partial charge in [-0.3, -0.25) is 0 Å². The van der Waals surface area contributed by atoms with Gasteiger partial charge in [-0.05, 0) is 65.4 Å². The average molecular weight is 446 g/mol.